The molecular weight excluding hydrogens is 552 g/mol. The van der Waals surface area contributed by atoms with E-state index in [1.165, 1.54) is 6.07 Å². The SMILES string of the molecule is Cc1ccc(C(COc2ccc3c(C)c(Cc4ccccc4)c(=O)oc3c2)=NNc2ccc([N+](=O)[O-])cc2[N+](=O)[O-])cc1. The zero-order valence-corrected chi connectivity index (χ0v) is 23.3. The van der Waals surface area contributed by atoms with Gasteiger partial charge in [0.05, 0.1) is 15.9 Å². The van der Waals surface area contributed by atoms with E-state index in [1.54, 1.807) is 12.1 Å². The van der Waals surface area contributed by atoms with Crippen LogP contribution in [0, 0.1) is 34.1 Å². The molecule has 0 atom stereocenters. The molecule has 1 heterocycles. The summed E-state index contributed by atoms with van der Waals surface area (Å²) in [6, 6.07) is 25.6. The molecular formula is C32H26N4O7. The molecule has 0 fully saturated rings. The lowest BCUT2D eigenvalue weighted by molar-refractivity contribution is -0.393. The van der Waals surface area contributed by atoms with Crippen molar-refractivity contribution in [3.05, 3.63) is 149 Å². The molecule has 0 amide bonds. The Kier molecular flexibility index (Phi) is 8.24. The minimum Gasteiger partial charge on any atom is -0.487 e. The van der Waals surface area contributed by atoms with Crippen molar-refractivity contribution < 1.29 is 19.0 Å². The molecule has 216 valence electrons. The molecule has 0 aliphatic carbocycles. The highest BCUT2D eigenvalue weighted by atomic mass is 16.6. The Bertz CT molecular complexity index is 1920. The van der Waals surface area contributed by atoms with Crippen LogP contribution in [0.5, 0.6) is 5.75 Å². The van der Waals surface area contributed by atoms with Crippen LogP contribution in [0.4, 0.5) is 17.1 Å². The number of rotatable bonds is 10. The number of nitro benzene ring substituents is 2. The van der Waals surface area contributed by atoms with Gasteiger partial charge in [-0.15, -0.1) is 0 Å². The zero-order chi connectivity index (χ0) is 30.5. The first-order chi connectivity index (χ1) is 20.7. The summed E-state index contributed by atoms with van der Waals surface area (Å²) in [5, 5.41) is 27.8. The van der Waals surface area contributed by atoms with Gasteiger partial charge in [0.1, 0.15) is 29.3 Å². The molecule has 0 saturated heterocycles. The largest absolute Gasteiger partial charge is 0.487 e. The molecule has 1 N–H and O–H groups in total. The Balaban J connectivity index is 1.42. The van der Waals surface area contributed by atoms with Crippen LogP contribution in [0.3, 0.4) is 0 Å². The highest BCUT2D eigenvalue weighted by molar-refractivity contribution is 6.02. The average molecular weight is 579 g/mol. The van der Waals surface area contributed by atoms with Crippen LogP contribution in [-0.4, -0.2) is 22.2 Å². The predicted molar refractivity (Wildman–Crippen MR) is 163 cm³/mol. The Morgan fingerprint density at radius 2 is 1.65 bits per heavy atom. The van der Waals surface area contributed by atoms with Crippen LogP contribution in [0.25, 0.3) is 11.0 Å². The van der Waals surface area contributed by atoms with E-state index in [9.17, 15) is 25.0 Å². The number of hydrogen-bond donors (Lipinski definition) is 1. The molecule has 0 aliphatic rings. The van der Waals surface area contributed by atoms with Crippen molar-refractivity contribution in [2.45, 2.75) is 20.3 Å². The van der Waals surface area contributed by atoms with Gasteiger partial charge in [-0.2, -0.15) is 5.10 Å². The van der Waals surface area contributed by atoms with Gasteiger partial charge in [-0.3, -0.25) is 25.7 Å². The minimum atomic E-state index is -0.719. The van der Waals surface area contributed by atoms with Gasteiger partial charge in [-0.1, -0.05) is 60.2 Å². The zero-order valence-electron chi connectivity index (χ0n) is 23.3. The third kappa shape index (κ3) is 6.57. The number of ether oxygens (including phenoxy) is 1. The Morgan fingerprint density at radius 3 is 2.35 bits per heavy atom. The van der Waals surface area contributed by atoms with E-state index in [1.807, 2.05) is 74.5 Å². The number of nitro groups is 2. The Labute approximate surface area is 245 Å². The lowest BCUT2D eigenvalue weighted by Crippen LogP contribution is -2.15. The third-order valence-electron chi connectivity index (χ3n) is 6.94. The highest BCUT2D eigenvalue weighted by Crippen LogP contribution is 2.29. The molecule has 0 bridgehead atoms. The molecule has 5 aromatic rings. The fourth-order valence-electron chi connectivity index (χ4n) is 4.55. The number of aryl methyl sites for hydroxylation is 2. The molecule has 5 rings (SSSR count). The maximum Gasteiger partial charge on any atom is 0.340 e. The number of non-ortho nitro benzene ring substituents is 1. The number of fused-ring (bicyclic) bond motifs is 1. The molecule has 0 radical (unpaired) electrons. The fraction of sp³-hybridized carbons (Fsp3) is 0.125. The Morgan fingerprint density at radius 1 is 0.907 bits per heavy atom. The quantitative estimate of drug-likeness (QED) is 0.0831. The summed E-state index contributed by atoms with van der Waals surface area (Å²) in [4.78, 5) is 34.1. The summed E-state index contributed by atoms with van der Waals surface area (Å²) in [7, 11) is 0. The first kappa shape index (κ1) is 28.7. The van der Waals surface area contributed by atoms with Gasteiger partial charge in [0.25, 0.3) is 5.69 Å². The molecule has 11 nitrogen and oxygen atoms in total. The lowest BCUT2D eigenvalue weighted by atomic mass is 10.00. The van der Waals surface area contributed by atoms with Crippen molar-refractivity contribution in [3.63, 3.8) is 0 Å². The summed E-state index contributed by atoms with van der Waals surface area (Å²) < 4.78 is 11.7. The van der Waals surface area contributed by atoms with Crippen molar-refractivity contribution in [3.8, 4) is 5.75 Å². The summed E-state index contributed by atoms with van der Waals surface area (Å²) in [6.45, 7) is 3.78. The van der Waals surface area contributed by atoms with E-state index in [2.05, 4.69) is 10.5 Å². The topological polar surface area (TPSA) is 150 Å². The molecule has 4 aromatic carbocycles. The molecule has 0 saturated carbocycles. The number of benzene rings is 4. The minimum absolute atomic E-state index is 0.0190. The van der Waals surface area contributed by atoms with Gasteiger partial charge >= 0.3 is 11.3 Å². The smallest absolute Gasteiger partial charge is 0.340 e. The van der Waals surface area contributed by atoms with Crippen LogP contribution >= 0.6 is 0 Å². The summed E-state index contributed by atoms with van der Waals surface area (Å²) in [6.07, 6.45) is 0.458. The average Bonchev–Trinajstić information content (AvgIpc) is 3.00. The van der Waals surface area contributed by atoms with Crippen LogP contribution in [0.15, 0.2) is 105 Å². The van der Waals surface area contributed by atoms with Gasteiger partial charge in [0, 0.05) is 35.1 Å². The van der Waals surface area contributed by atoms with Crippen LogP contribution < -0.4 is 15.8 Å². The second kappa shape index (κ2) is 12.4. The predicted octanol–water partition coefficient (Wildman–Crippen LogP) is 6.71. The summed E-state index contributed by atoms with van der Waals surface area (Å²) >= 11 is 0. The van der Waals surface area contributed by atoms with E-state index in [-0.39, 0.29) is 12.3 Å². The van der Waals surface area contributed by atoms with Gasteiger partial charge in [-0.05, 0) is 43.2 Å². The molecule has 11 heteroatoms. The Hall–Kier alpha value is -5.84. The van der Waals surface area contributed by atoms with Gasteiger partial charge < -0.3 is 9.15 Å². The summed E-state index contributed by atoms with van der Waals surface area (Å²) in [5.74, 6) is 0.423. The van der Waals surface area contributed by atoms with E-state index in [0.717, 1.165) is 34.2 Å². The second-order valence-corrected chi connectivity index (χ2v) is 9.85. The number of anilines is 1. The lowest BCUT2D eigenvalue weighted by Gasteiger charge is -2.12. The number of nitrogens with zero attached hydrogens (tertiary/aromatic N) is 3. The van der Waals surface area contributed by atoms with Crippen molar-refractivity contribution >= 4 is 33.7 Å². The first-order valence-corrected chi connectivity index (χ1v) is 13.2. The standard InChI is InChI=1S/C32H26N4O7/c1-20-8-10-23(11-9-20)29(34-33-28-15-12-24(35(38)39)17-30(28)36(40)41)19-42-25-13-14-26-21(2)27(32(37)43-31(26)18-25)16-22-6-4-3-5-7-22/h3-15,17-18,33H,16,19H2,1-2H3. The maximum absolute atomic E-state index is 12.9. The van der Waals surface area contributed by atoms with Gasteiger partial charge in [0.15, 0.2) is 0 Å². The molecule has 1 aromatic heterocycles. The summed E-state index contributed by atoms with van der Waals surface area (Å²) in [5.41, 5.74) is 6.26. The normalized spacial score (nSPS) is 11.3. The van der Waals surface area contributed by atoms with Crippen LogP contribution in [0.2, 0.25) is 0 Å². The molecule has 43 heavy (non-hydrogen) atoms. The first-order valence-electron chi connectivity index (χ1n) is 13.2. The fourth-order valence-corrected chi connectivity index (χ4v) is 4.55. The van der Waals surface area contributed by atoms with Gasteiger partial charge in [-0.25, -0.2) is 4.79 Å². The number of hydrogen-bond acceptors (Lipinski definition) is 9. The van der Waals surface area contributed by atoms with E-state index in [4.69, 9.17) is 9.15 Å². The van der Waals surface area contributed by atoms with E-state index in [0.29, 0.717) is 34.6 Å². The van der Waals surface area contributed by atoms with Gasteiger partial charge in [0.2, 0.25) is 0 Å². The number of hydrazone groups is 1. The number of nitrogens with one attached hydrogen (secondary N) is 1. The van der Waals surface area contributed by atoms with E-state index >= 15 is 0 Å². The molecule has 0 aliphatic heterocycles. The van der Waals surface area contributed by atoms with Crippen molar-refractivity contribution in [1.82, 2.24) is 0 Å². The maximum atomic E-state index is 12.9. The van der Waals surface area contributed by atoms with Crippen molar-refractivity contribution in [1.29, 1.82) is 0 Å². The van der Waals surface area contributed by atoms with Crippen molar-refractivity contribution in [2.24, 2.45) is 5.10 Å². The van der Waals surface area contributed by atoms with Crippen LogP contribution in [0.1, 0.15) is 27.8 Å². The van der Waals surface area contributed by atoms with Crippen molar-refractivity contribution in [2.75, 3.05) is 12.0 Å². The van der Waals surface area contributed by atoms with E-state index < -0.39 is 26.8 Å². The van der Waals surface area contributed by atoms with Crippen LogP contribution in [-0.2, 0) is 6.42 Å². The highest BCUT2D eigenvalue weighted by Gasteiger charge is 2.20. The third-order valence-corrected chi connectivity index (χ3v) is 6.94. The molecule has 0 spiro atoms. The second-order valence-electron chi connectivity index (χ2n) is 9.85. The molecule has 0 unspecified atom stereocenters. The monoisotopic (exact) mass is 578 g/mol.